The van der Waals surface area contributed by atoms with Gasteiger partial charge in [-0.25, -0.2) is 0 Å². The van der Waals surface area contributed by atoms with Crippen molar-refractivity contribution in [2.24, 2.45) is 4.99 Å². The maximum Gasteiger partial charge on any atom is 0.224 e. The highest BCUT2D eigenvalue weighted by molar-refractivity contribution is 5.94. The van der Waals surface area contributed by atoms with Crippen LogP contribution < -0.4 is 20.7 Å². The van der Waals surface area contributed by atoms with Gasteiger partial charge in [0.2, 0.25) is 5.91 Å². The van der Waals surface area contributed by atoms with Gasteiger partial charge in [-0.2, -0.15) is 0 Å². The molecule has 2 aliphatic rings. The number of carbonyl (C=O) groups excluding carboxylic acids is 1. The van der Waals surface area contributed by atoms with Crippen molar-refractivity contribution in [1.29, 1.82) is 0 Å². The standard InChI is InChI=1S/C23H36N4O3/c1-2-24-23(25-13-6-15-29-19-7-4-3-5-8-19)26-14-16-30-20-10-11-21-18(17-20)9-12-22(28)27-21/h10-11,17,19H,2-9,12-16H2,1H3,(H,27,28)(H2,24,25,26). The molecule has 1 heterocycles. The van der Waals surface area contributed by atoms with Crippen LogP contribution in [0.1, 0.15) is 57.4 Å². The first-order valence-electron chi connectivity index (χ1n) is 11.4. The fraction of sp³-hybridized carbons (Fsp3) is 0.652. The van der Waals surface area contributed by atoms with Gasteiger partial charge in [0.1, 0.15) is 12.4 Å². The third kappa shape index (κ3) is 7.52. The summed E-state index contributed by atoms with van der Waals surface area (Å²) in [6.45, 7) is 5.63. The molecule has 30 heavy (non-hydrogen) atoms. The molecular formula is C23H36N4O3. The number of aryl methyl sites for hydroxylation is 1. The van der Waals surface area contributed by atoms with Gasteiger partial charge in [-0.1, -0.05) is 19.3 Å². The van der Waals surface area contributed by atoms with Crippen molar-refractivity contribution in [2.45, 2.75) is 64.4 Å². The van der Waals surface area contributed by atoms with Gasteiger partial charge in [0.05, 0.1) is 12.6 Å². The molecule has 0 bridgehead atoms. The van der Waals surface area contributed by atoms with Crippen LogP contribution in [0.15, 0.2) is 23.2 Å². The largest absolute Gasteiger partial charge is 0.492 e. The quantitative estimate of drug-likeness (QED) is 0.310. The molecule has 1 amide bonds. The highest BCUT2D eigenvalue weighted by Gasteiger charge is 2.15. The fourth-order valence-corrected chi connectivity index (χ4v) is 3.87. The van der Waals surface area contributed by atoms with Crippen molar-refractivity contribution in [2.75, 3.05) is 38.2 Å². The minimum atomic E-state index is 0.0798. The molecule has 1 fully saturated rings. The molecule has 0 unspecified atom stereocenters. The summed E-state index contributed by atoms with van der Waals surface area (Å²) in [5.41, 5.74) is 2.02. The highest BCUT2D eigenvalue weighted by atomic mass is 16.5. The number of carbonyl (C=O) groups is 1. The van der Waals surface area contributed by atoms with E-state index in [1.54, 1.807) is 0 Å². The number of hydrogen-bond donors (Lipinski definition) is 3. The van der Waals surface area contributed by atoms with E-state index >= 15 is 0 Å². The Bertz CT molecular complexity index is 702. The molecule has 166 valence electrons. The summed E-state index contributed by atoms with van der Waals surface area (Å²) >= 11 is 0. The Morgan fingerprint density at radius 2 is 2.03 bits per heavy atom. The number of nitrogens with one attached hydrogen (secondary N) is 3. The number of guanidine groups is 1. The summed E-state index contributed by atoms with van der Waals surface area (Å²) in [5, 5.41) is 9.47. The third-order valence-corrected chi connectivity index (χ3v) is 5.46. The van der Waals surface area contributed by atoms with E-state index in [9.17, 15) is 4.79 Å². The summed E-state index contributed by atoms with van der Waals surface area (Å²) in [6, 6.07) is 5.83. The van der Waals surface area contributed by atoms with E-state index < -0.39 is 0 Å². The molecule has 0 spiro atoms. The number of rotatable bonds is 10. The monoisotopic (exact) mass is 416 g/mol. The Labute approximate surface area is 180 Å². The number of amides is 1. The van der Waals surface area contributed by atoms with Crippen LogP contribution in [0.5, 0.6) is 5.75 Å². The first-order valence-corrected chi connectivity index (χ1v) is 11.4. The Balaban J connectivity index is 1.33. The first kappa shape index (κ1) is 22.4. The van der Waals surface area contributed by atoms with Crippen LogP contribution in [0.4, 0.5) is 5.69 Å². The summed E-state index contributed by atoms with van der Waals surface area (Å²) in [5.74, 6) is 1.72. The molecule has 0 radical (unpaired) electrons. The van der Waals surface area contributed by atoms with Crippen LogP contribution in [-0.4, -0.2) is 50.8 Å². The van der Waals surface area contributed by atoms with Crippen LogP contribution in [0.2, 0.25) is 0 Å². The molecule has 3 rings (SSSR count). The van der Waals surface area contributed by atoms with E-state index in [0.29, 0.717) is 25.7 Å². The zero-order valence-electron chi connectivity index (χ0n) is 18.2. The minimum Gasteiger partial charge on any atom is -0.492 e. The predicted molar refractivity (Wildman–Crippen MR) is 120 cm³/mol. The number of ether oxygens (including phenoxy) is 2. The van der Waals surface area contributed by atoms with E-state index in [4.69, 9.17) is 9.47 Å². The summed E-state index contributed by atoms with van der Waals surface area (Å²) in [6.07, 6.45) is 9.10. The molecule has 1 aliphatic heterocycles. The van der Waals surface area contributed by atoms with Crippen LogP contribution in [-0.2, 0) is 16.0 Å². The maximum absolute atomic E-state index is 11.4. The van der Waals surface area contributed by atoms with Gasteiger partial charge in [0.25, 0.3) is 0 Å². The Morgan fingerprint density at radius 1 is 1.17 bits per heavy atom. The number of anilines is 1. The van der Waals surface area contributed by atoms with Crippen LogP contribution in [0.3, 0.4) is 0 Å². The Hall–Kier alpha value is -2.28. The zero-order valence-corrected chi connectivity index (χ0v) is 18.2. The van der Waals surface area contributed by atoms with Crippen molar-refractivity contribution < 1.29 is 14.3 Å². The van der Waals surface area contributed by atoms with Crippen molar-refractivity contribution in [3.8, 4) is 5.75 Å². The second-order valence-electron chi connectivity index (χ2n) is 7.89. The fourth-order valence-electron chi connectivity index (χ4n) is 3.87. The molecule has 1 aromatic carbocycles. The average molecular weight is 417 g/mol. The smallest absolute Gasteiger partial charge is 0.224 e. The van der Waals surface area contributed by atoms with Gasteiger partial charge in [-0.05, 0) is 56.4 Å². The second-order valence-corrected chi connectivity index (χ2v) is 7.89. The second kappa shape index (κ2) is 12.4. The van der Waals surface area contributed by atoms with Crippen molar-refractivity contribution in [3.63, 3.8) is 0 Å². The number of fused-ring (bicyclic) bond motifs is 1. The van der Waals surface area contributed by atoms with E-state index in [1.165, 1.54) is 32.1 Å². The molecule has 7 heteroatoms. The van der Waals surface area contributed by atoms with E-state index in [1.807, 2.05) is 18.2 Å². The highest BCUT2D eigenvalue weighted by Crippen LogP contribution is 2.26. The SMILES string of the molecule is CCNC(=NCCCOC1CCCCC1)NCCOc1ccc2c(c1)CCC(=O)N2. The van der Waals surface area contributed by atoms with Gasteiger partial charge in [0, 0.05) is 31.8 Å². The van der Waals surface area contributed by atoms with Crippen molar-refractivity contribution in [1.82, 2.24) is 10.6 Å². The lowest BCUT2D eigenvalue weighted by molar-refractivity contribution is -0.116. The van der Waals surface area contributed by atoms with Crippen LogP contribution in [0.25, 0.3) is 0 Å². The van der Waals surface area contributed by atoms with Crippen LogP contribution >= 0.6 is 0 Å². The van der Waals surface area contributed by atoms with E-state index in [0.717, 1.165) is 55.5 Å². The normalized spacial score (nSPS) is 17.2. The number of aliphatic imine (C=N–C) groups is 1. The molecule has 3 N–H and O–H groups in total. The van der Waals surface area contributed by atoms with Crippen molar-refractivity contribution in [3.05, 3.63) is 23.8 Å². The van der Waals surface area contributed by atoms with Gasteiger partial charge in [-0.15, -0.1) is 0 Å². The summed E-state index contributed by atoms with van der Waals surface area (Å²) in [4.78, 5) is 16.1. The predicted octanol–water partition coefficient (Wildman–Crippen LogP) is 3.24. The maximum atomic E-state index is 11.4. The van der Waals surface area contributed by atoms with Gasteiger partial charge in [0.15, 0.2) is 5.96 Å². The summed E-state index contributed by atoms with van der Waals surface area (Å²) in [7, 11) is 0. The van der Waals surface area contributed by atoms with Gasteiger partial charge >= 0.3 is 0 Å². The molecule has 7 nitrogen and oxygen atoms in total. The Kier molecular flexibility index (Phi) is 9.28. The van der Waals surface area contributed by atoms with Crippen molar-refractivity contribution >= 4 is 17.6 Å². The molecule has 0 saturated heterocycles. The lowest BCUT2D eigenvalue weighted by Crippen LogP contribution is -2.39. The molecule has 1 aliphatic carbocycles. The molecule has 0 aromatic heterocycles. The topological polar surface area (TPSA) is 84.0 Å². The van der Waals surface area contributed by atoms with E-state index in [-0.39, 0.29) is 5.91 Å². The number of nitrogens with zero attached hydrogens (tertiary/aromatic N) is 1. The molecule has 1 saturated carbocycles. The van der Waals surface area contributed by atoms with Gasteiger partial charge < -0.3 is 25.4 Å². The van der Waals surface area contributed by atoms with Crippen LogP contribution in [0, 0.1) is 0 Å². The third-order valence-electron chi connectivity index (χ3n) is 5.46. The van der Waals surface area contributed by atoms with E-state index in [2.05, 4.69) is 27.9 Å². The molecular weight excluding hydrogens is 380 g/mol. The average Bonchev–Trinajstić information content (AvgIpc) is 2.77. The zero-order chi connectivity index (χ0) is 21.0. The number of benzene rings is 1. The lowest BCUT2D eigenvalue weighted by atomic mass is 9.98. The Morgan fingerprint density at radius 3 is 2.87 bits per heavy atom. The number of hydrogen-bond acceptors (Lipinski definition) is 4. The molecule has 0 atom stereocenters. The lowest BCUT2D eigenvalue weighted by Gasteiger charge is -2.21. The first-order chi connectivity index (χ1) is 14.7. The van der Waals surface area contributed by atoms with Gasteiger partial charge in [-0.3, -0.25) is 9.79 Å². The summed E-state index contributed by atoms with van der Waals surface area (Å²) < 4.78 is 11.8. The minimum absolute atomic E-state index is 0.0798. The molecule has 1 aromatic rings.